The fraction of sp³-hybridized carbons (Fsp3) is 0.143. The van der Waals surface area contributed by atoms with E-state index in [0.29, 0.717) is 0 Å². The highest BCUT2D eigenvalue weighted by Crippen LogP contribution is 2.32. The minimum absolute atomic E-state index is 0.00315. The predicted octanol–water partition coefficient (Wildman–Crippen LogP) is 5.48. The van der Waals surface area contributed by atoms with Crippen molar-refractivity contribution in [1.82, 2.24) is 10.3 Å². The average Bonchev–Trinajstić information content (AvgIpc) is 2.71. The molecule has 0 atom stereocenters. The van der Waals surface area contributed by atoms with E-state index in [1.54, 1.807) is 0 Å². The highest BCUT2D eigenvalue weighted by molar-refractivity contribution is 5.92. The molecule has 1 N–H and O–H groups in total. The van der Waals surface area contributed by atoms with E-state index in [4.69, 9.17) is 0 Å². The molecule has 0 saturated carbocycles. The summed E-state index contributed by atoms with van der Waals surface area (Å²) >= 11 is 0. The maximum absolute atomic E-state index is 12.7. The molecule has 1 aromatic heterocycles. The van der Waals surface area contributed by atoms with E-state index in [-0.39, 0.29) is 29.1 Å². The first-order valence-corrected chi connectivity index (χ1v) is 8.96. The van der Waals surface area contributed by atoms with E-state index in [9.17, 15) is 31.1 Å². The van der Waals surface area contributed by atoms with E-state index in [1.807, 2.05) is 0 Å². The van der Waals surface area contributed by atoms with Crippen LogP contribution in [0, 0.1) is 0 Å². The summed E-state index contributed by atoms with van der Waals surface area (Å²) in [5, 5.41) is 2.41. The van der Waals surface area contributed by atoms with Crippen molar-refractivity contribution in [3.63, 3.8) is 0 Å². The van der Waals surface area contributed by atoms with Crippen LogP contribution in [0.1, 0.15) is 16.1 Å². The minimum Gasteiger partial charge on any atom is -0.405 e. The molecule has 11 heteroatoms. The average molecular weight is 456 g/mol. The van der Waals surface area contributed by atoms with E-state index >= 15 is 0 Å². The summed E-state index contributed by atoms with van der Waals surface area (Å²) in [7, 11) is 0. The minimum atomic E-state index is -4.92. The molecule has 1 heterocycles. The molecule has 0 aliphatic heterocycles. The van der Waals surface area contributed by atoms with Crippen molar-refractivity contribution in [2.24, 2.45) is 0 Å². The zero-order chi connectivity index (χ0) is 23.4. The number of pyridine rings is 1. The summed E-state index contributed by atoms with van der Waals surface area (Å²) in [5.74, 6) is -1.72. The number of amides is 1. The fourth-order valence-electron chi connectivity index (χ4n) is 2.74. The van der Waals surface area contributed by atoms with Crippen LogP contribution in [0.15, 0.2) is 66.7 Å². The maximum Gasteiger partial charge on any atom is 0.573 e. The molecule has 3 rings (SSSR count). The van der Waals surface area contributed by atoms with Crippen molar-refractivity contribution < 1.29 is 40.6 Å². The van der Waals surface area contributed by atoms with E-state index < -0.39 is 30.1 Å². The number of halogens is 6. The highest BCUT2D eigenvalue weighted by atomic mass is 19.4. The number of ether oxygens (including phenoxy) is 2. The van der Waals surface area contributed by atoms with Crippen LogP contribution in [0.5, 0.6) is 11.5 Å². The van der Waals surface area contributed by atoms with E-state index in [2.05, 4.69) is 19.8 Å². The molecular formula is C21H14F6N2O3. The number of hydrogen-bond donors (Lipinski definition) is 1. The molecule has 0 aliphatic carbocycles. The molecule has 2 aromatic carbocycles. The fourth-order valence-corrected chi connectivity index (χ4v) is 2.74. The van der Waals surface area contributed by atoms with Crippen molar-refractivity contribution in [1.29, 1.82) is 0 Å². The second-order valence-corrected chi connectivity index (χ2v) is 6.29. The van der Waals surface area contributed by atoms with Gasteiger partial charge >= 0.3 is 12.7 Å². The molecule has 0 fully saturated rings. The SMILES string of the molecule is O=C(NCc1ccccc1OC(F)(F)F)c1cccc(-c2ccccc2OC(F)(F)F)n1. The van der Waals surface area contributed by atoms with Gasteiger partial charge in [0.2, 0.25) is 0 Å². The Morgan fingerprint density at radius 2 is 1.38 bits per heavy atom. The Hall–Kier alpha value is -3.76. The molecule has 1 amide bonds. The van der Waals surface area contributed by atoms with Gasteiger partial charge in [0, 0.05) is 17.7 Å². The first-order valence-electron chi connectivity index (χ1n) is 8.96. The summed E-state index contributed by atoms with van der Waals surface area (Å²) in [6.07, 6.45) is -9.82. The van der Waals surface area contributed by atoms with Crippen molar-refractivity contribution in [2.75, 3.05) is 0 Å². The number of rotatable bonds is 6. The van der Waals surface area contributed by atoms with Gasteiger partial charge in [0.05, 0.1) is 5.69 Å². The smallest absolute Gasteiger partial charge is 0.405 e. The van der Waals surface area contributed by atoms with Crippen LogP contribution in [-0.2, 0) is 6.54 Å². The predicted molar refractivity (Wildman–Crippen MR) is 101 cm³/mol. The Kier molecular flexibility index (Phi) is 6.56. The summed E-state index contributed by atoms with van der Waals surface area (Å²) in [5.41, 5.74) is -0.0431. The molecule has 0 saturated heterocycles. The normalized spacial score (nSPS) is 11.7. The number of nitrogens with zero attached hydrogens (tertiary/aromatic N) is 1. The van der Waals surface area contributed by atoms with Crippen LogP contribution >= 0.6 is 0 Å². The molecule has 0 unspecified atom stereocenters. The summed E-state index contributed by atoms with van der Waals surface area (Å²) in [6, 6.07) is 14.6. The first-order chi connectivity index (χ1) is 15.0. The van der Waals surface area contributed by atoms with Gasteiger partial charge in [0.15, 0.2) is 0 Å². The number of benzene rings is 2. The number of para-hydroxylation sites is 2. The topological polar surface area (TPSA) is 60.5 Å². The van der Waals surface area contributed by atoms with Gasteiger partial charge in [0.25, 0.3) is 5.91 Å². The van der Waals surface area contributed by atoms with Crippen LogP contribution in [0.2, 0.25) is 0 Å². The first kappa shape index (κ1) is 22.9. The zero-order valence-corrected chi connectivity index (χ0v) is 16.0. The lowest BCUT2D eigenvalue weighted by atomic mass is 10.1. The second-order valence-electron chi connectivity index (χ2n) is 6.29. The van der Waals surface area contributed by atoms with Crippen LogP contribution in [-0.4, -0.2) is 23.6 Å². The molecule has 3 aromatic rings. The number of aromatic nitrogens is 1. The Morgan fingerprint density at radius 1 is 0.781 bits per heavy atom. The molecule has 32 heavy (non-hydrogen) atoms. The molecule has 0 radical (unpaired) electrons. The molecule has 168 valence electrons. The van der Waals surface area contributed by atoms with Crippen molar-refractivity contribution in [2.45, 2.75) is 19.3 Å². The Bertz CT molecular complexity index is 1100. The summed E-state index contributed by atoms with van der Waals surface area (Å²) in [4.78, 5) is 16.5. The number of nitrogens with one attached hydrogen (secondary N) is 1. The van der Waals surface area contributed by atoms with Gasteiger partial charge in [-0.1, -0.05) is 36.4 Å². The second kappa shape index (κ2) is 9.16. The number of carbonyl (C=O) groups excluding carboxylic acids is 1. The Balaban J connectivity index is 1.78. The van der Waals surface area contributed by atoms with Crippen LogP contribution in [0.4, 0.5) is 26.3 Å². The third kappa shape index (κ3) is 6.37. The Labute approximate surface area is 177 Å². The van der Waals surface area contributed by atoms with Crippen molar-refractivity contribution in [3.05, 3.63) is 78.0 Å². The van der Waals surface area contributed by atoms with Crippen LogP contribution < -0.4 is 14.8 Å². The molecule has 0 aliphatic rings. The number of alkyl halides is 6. The summed E-state index contributed by atoms with van der Waals surface area (Å²) < 4.78 is 83.5. The molecule has 0 bridgehead atoms. The summed E-state index contributed by atoms with van der Waals surface area (Å²) in [6.45, 7) is -0.301. The third-order valence-electron chi connectivity index (χ3n) is 4.01. The van der Waals surface area contributed by atoms with Gasteiger partial charge in [0.1, 0.15) is 17.2 Å². The van der Waals surface area contributed by atoms with Gasteiger partial charge in [-0.05, 0) is 30.3 Å². The van der Waals surface area contributed by atoms with Gasteiger partial charge in [-0.25, -0.2) is 4.98 Å². The Morgan fingerprint density at radius 3 is 2.06 bits per heavy atom. The van der Waals surface area contributed by atoms with Gasteiger partial charge < -0.3 is 14.8 Å². The lowest BCUT2D eigenvalue weighted by Gasteiger charge is -2.14. The van der Waals surface area contributed by atoms with Gasteiger partial charge in [-0.2, -0.15) is 0 Å². The molecule has 0 spiro atoms. The standard InChI is InChI=1S/C21H14F6N2O3/c22-20(23,24)31-17-10-3-1-6-13(17)12-28-19(30)16-9-5-8-15(29-16)14-7-2-4-11-18(14)32-21(25,26)27/h1-11H,12H2,(H,28,30). The third-order valence-corrected chi connectivity index (χ3v) is 4.01. The molecular weight excluding hydrogens is 442 g/mol. The monoisotopic (exact) mass is 456 g/mol. The van der Waals surface area contributed by atoms with E-state index in [0.717, 1.165) is 12.1 Å². The zero-order valence-electron chi connectivity index (χ0n) is 16.0. The maximum atomic E-state index is 12.7. The largest absolute Gasteiger partial charge is 0.573 e. The highest BCUT2D eigenvalue weighted by Gasteiger charge is 2.33. The molecule has 5 nitrogen and oxygen atoms in total. The van der Waals surface area contributed by atoms with Crippen LogP contribution in [0.3, 0.4) is 0 Å². The van der Waals surface area contributed by atoms with E-state index in [1.165, 1.54) is 54.6 Å². The lowest BCUT2D eigenvalue weighted by Crippen LogP contribution is -2.25. The number of hydrogen-bond acceptors (Lipinski definition) is 4. The quantitative estimate of drug-likeness (QED) is 0.500. The number of carbonyl (C=O) groups is 1. The lowest BCUT2D eigenvalue weighted by molar-refractivity contribution is -0.275. The van der Waals surface area contributed by atoms with Crippen molar-refractivity contribution >= 4 is 5.91 Å². The van der Waals surface area contributed by atoms with Gasteiger partial charge in [-0.3, -0.25) is 4.79 Å². The van der Waals surface area contributed by atoms with Gasteiger partial charge in [-0.15, -0.1) is 26.3 Å². The van der Waals surface area contributed by atoms with Crippen molar-refractivity contribution in [3.8, 4) is 22.8 Å². The van der Waals surface area contributed by atoms with Crippen LogP contribution in [0.25, 0.3) is 11.3 Å².